The zero-order chi connectivity index (χ0) is 16.8. The van der Waals surface area contributed by atoms with E-state index in [0.29, 0.717) is 24.2 Å². The second-order valence-electron chi connectivity index (χ2n) is 5.89. The van der Waals surface area contributed by atoms with Crippen LogP contribution in [0, 0.1) is 16.0 Å². The number of hydrogen-bond acceptors (Lipinski definition) is 6. The normalized spacial score (nSPS) is 28.4. The number of rotatable bonds is 4. The number of carbonyl (C=O) groups is 1. The highest BCUT2D eigenvalue weighted by Crippen LogP contribution is 2.44. The average Bonchev–Trinajstić information content (AvgIpc) is 3.12. The number of sulfonamides is 1. The molecule has 3 rings (SSSR count). The Labute approximate surface area is 136 Å². The molecule has 0 bridgehead atoms. The van der Waals surface area contributed by atoms with Gasteiger partial charge in [-0.3, -0.25) is 14.9 Å². The summed E-state index contributed by atoms with van der Waals surface area (Å²) in [6.45, 7) is 0. The van der Waals surface area contributed by atoms with Crippen LogP contribution in [0.25, 0.3) is 0 Å². The van der Waals surface area contributed by atoms with Crippen molar-refractivity contribution in [3.63, 3.8) is 0 Å². The van der Waals surface area contributed by atoms with Gasteiger partial charge in [-0.15, -0.1) is 0 Å². The molecule has 0 spiro atoms. The van der Waals surface area contributed by atoms with E-state index >= 15 is 0 Å². The molecule has 1 aromatic rings. The van der Waals surface area contributed by atoms with Crippen molar-refractivity contribution in [3.8, 4) is 0 Å². The fourth-order valence-corrected chi connectivity index (χ4v) is 6.71. The lowest BCUT2D eigenvalue weighted by Gasteiger charge is -2.31. The summed E-state index contributed by atoms with van der Waals surface area (Å²) in [4.78, 5) is 21.7. The van der Waals surface area contributed by atoms with Gasteiger partial charge in [0.05, 0.1) is 4.92 Å². The van der Waals surface area contributed by atoms with Crippen LogP contribution >= 0.6 is 11.3 Å². The molecule has 2 aliphatic rings. The van der Waals surface area contributed by atoms with Crippen LogP contribution in [-0.2, 0) is 14.8 Å². The number of aliphatic carboxylic acids is 1. The maximum Gasteiger partial charge on any atom is 0.325 e. The fourth-order valence-electron chi connectivity index (χ4n) is 3.63. The summed E-state index contributed by atoms with van der Waals surface area (Å²) in [5, 5.41) is 19.9. The molecule has 0 amide bonds. The molecule has 10 heteroatoms. The van der Waals surface area contributed by atoms with Crippen molar-refractivity contribution in [1.29, 1.82) is 0 Å². The summed E-state index contributed by atoms with van der Waals surface area (Å²) in [5.41, 5.74) is 0. The maximum atomic E-state index is 12.9. The lowest BCUT2D eigenvalue weighted by molar-refractivity contribution is -0.380. The molecule has 2 heterocycles. The van der Waals surface area contributed by atoms with Gasteiger partial charge < -0.3 is 5.11 Å². The molecule has 126 valence electrons. The van der Waals surface area contributed by atoms with Crippen molar-refractivity contribution in [2.45, 2.75) is 48.4 Å². The van der Waals surface area contributed by atoms with Crippen LogP contribution in [0.4, 0.5) is 5.00 Å². The van der Waals surface area contributed by atoms with E-state index in [0.717, 1.165) is 29.6 Å². The van der Waals surface area contributed by atoms with Gasteiger partial charge in [-0.05, 0) is 42.6 Å². The number of nitro groups is 1. The molecular weight excluding hydrogens is 344 g/mol. The minimum Gasteiger partial charge on any atom is -0.480 e. The van der Waals surface area contributed by atoms with Crippen LogP contribution in [0.3, 0.4) is 0 Å². The second kappa shape index (κ2) is 5.84. The third-order valence-corrected chi connectivity index (χ3v) is 8.03. The van der Waals surface area contributed by atoms with Gasteiger partial charge in [0.15, 0.2) is 0 Å². The number of thiophene rings is 1. The van der Waals surface area contributed by atoms with Gasteiger partial charge in [0.2, 0.25) is 0 Å². The highest BCUT2D eigenvalue weighted by atomic mass is 32.2. The molecule has 1 N–H and O–H groups in total. The SMILES string of the molecule is O=C(O)C1CC2CCCCC2N1S(=O)(=O)c1ccc([N+](=O)[O-])s1. The molecule has 3 unspecified atom stereocenters. The first-order chi connectivity index (χ1) is 10.8. The van der Waals surface area contributed by atoms with Crippen molar-refractivity contribution >= 4 is 32.3 Å². The summed E-state index contributed by atoms with van der Waals surface area (Å²) < 4.78 is 26.7. The van der Waals surface area contributed by atoms with Crippen molar-refractivity contribution in [2.75, 3.05) is 0 Å². The minimum atomic E-state index is -4.05. The number of fused-ring (bicyclic) bond motifs is 1. The Balaban J connectivity index is 2.00. The van der Waals surface area contributed by atoms with Crippen molar-refractivity contribution < 1.29 is 23.2 Å². The van der Waals surface area contributed by atoms with Crippen molar-refractivity contribution in [2.24, 2.45) is 5.92 Å². The van der Waals surface area contributed by atoms with Crippen LogP contribution in [0.5, 0.6) is 0 Å². The number of hydrogen-bond donors (Lipinski definition) is 1. The van der Waals surface area contributed by atoms with Crippen LogP contribution in [0.2, 0.25) is 0 Å². The Morgan fingerprint density at radius 3 is 2.65 bits per heavy atom. The van der Waals surface area contributed by atoms with E-state index in [1.807, 2.05) is 0 Å². The second-order valence-corrected chi connectivity index (χ2v) is 9.02. The van der Waals surface area contributed by atoms with Crippen LogP contribution < -0.4 is 0 Å². The Morgan fingerprint density at radius 1 is 1.35 bits per heavy atom. The Kier molecular flexibility index (Phi) is 4.15. The Hall–Kier alpha value is -1.52. The highest BCUT2D eigenvalue weighted by Gasteiger charge is 2.51. The minimum absolute atomic E-state index is 0.0505. The van der Waals surface area contributed by atoms with E-state index in [4.69, 9.17) is 0 Å². The molecule has 8 nitrogen and oxygen atoms in total. The van der Waals surface area contributed by atoms with Crippen molar-refractivity contribution in [1.82, 2.24) is 4.31 Å². The van der Waals surface area contributed by atoms with Gasteiger partial charge in [-0.2, -0.15) is 4.31 Å². The quantitative estimate of drug-likeness (QED) is 0.648. The standard InChI is InChI=1S/C13H16N2O6S2/c16-13(17)10-7-8-3-1-2-4-9(8)14(10)23(20,21)12-6-5-11(22-12)15(18)19/h5-6,8-10H,1-4,7H2,(H,16,17). The van der Waals surface area contributed by atoms with Gasteiger partial charge in [0, 0.05) is 12.1 Å². The smallest absolute Gasteiger partial charge is 0.325 e. The lowest BCUT2D eigenvalue weighted by atomic mass is 9.85. The zero-order valence-electron chi connectivity index (χ0n) is 12.1. The third-order valence-electron chi connectivity index (χ3n) is 4.59. The maximum absolute atomic E-state index is 12.9. The largest absolute Gasteiger partial charge is 0.480 e. The molecule has 1 aliphatic carbocycles. The first-order valence-corrected chi connectivity index (χ1v) is 9.58. The van der Waals surface area contributed by atoms with Gasteiger partial charge >= 0.3 is 11.0 Å². The molecule has 0 radical (unpaired) electrons. The van der Waals surface area contributed by atoms with Crippen LogP contribution in [0.1, 0.15) is 32.1 Å². The van der Waals surface area contributed by atoms with E-state index in [2.05, 4.69) is 0 Å². The van der Waals surface area contributed by atoms with Gasteiger partial charge in [0.25, 0.3) is 10.0 Å². The molecular formula is C13H16N2O6S2. The predicted molar refractivity (Wildman–Crippen MR) is 81.8 cm³/mol. The first-order valence-electron chi connectivity index (χ1n) is 7.33. The van der Waals surface area contributed by atoms with Gasteiger partial charge in [0.1, 0.15) is 10.3 Å². The molecule has 1 saturated carbocycles. The summed E-state index contributed by atoms with van der Waals surface area (Å²) in [5.74, 6) is -1.11. The van der Waals surface area contributed by atoms with Gasteiger partial charge in [-0.1, -0.05) is 12.8 Å². The monoisotopic (exact) mass is 360 g/mol. The molecule has 1 saturated heterocycles. The summed E-state index contributed by atoms with van der Waals surface area (Å²) in [7, 11) is -4.05. The Morgan fingerprint density at radius 2 is 2.04 bits per heavy atom. The topological polar surface area (TPSA) is 118 Å². The van der Waals surface area contributed by atoms with Crippen LogP contribution in [-0.4, -0.2) is 40.8 Å². The van der Waals surface area contributed by atoms with E-state index < -0.39 is 27.0 Å². The summed E-state index contributed by atoms with van der Waals surface area (Å²) >= 11 is 0.566. The van der Waals surface area contributed by atoms with Crippen molar-refractivity contribution in [3.05, 3.63) is 22.2 Å². The number of carboxylic acids is 1. The fraction of sp³-hybridized carbons (Fsp3) is 0.615. The first kappa shape index (κ1) is 16.3. The highest BCUT2D eigenvalue weighted by molar-refractivity contribution is 7.91. The molecule has 0 aromatic carbocycles. The molecule has 1 aromatic heterocycles. The number of carboxylic acid groups (broad SMARTS) is 1. The summed E-state index contributed by atoms with van der Waals surface area (Å²) in [6, 6.07) is 0.917. The summed E-state index contributed by atoms with van der Waals surface area (Å²) in [6.07, 6.45) is 3.62. The Bertz CT molecular complexity index is 743. The number of nitrogens with zero attached hydrogens (tertiary/aromatic N) is 2. The van der Waals surface area contributed by atoms with Gasteiger partial charge in [-0.25, -0.2) is 8.42 Å². The predicted octanol–water partition coefficient (Wildman–Crippen LogP) is 2.06. The van der Waals surface area contributed by atoms with E-state index in [-0.39, 0.29) is 21.2 Å². The molecule has 1 aliphatic heterocycles. The third kappa shape index (κ3) is 2.74. The molecule has 2 fully saturated rings. The molecule has 3 atom stereocenters. The van der Waals surface area contributed by atoms with E-state index in [1.165, 1.54) is 6.07 Å². The zero-order valence-corrected chi connectivity index (χ0v) is 13.8. The van der Waals surface area contributed by atoms with Crippen LogP contribution in [0.15, 0.2) is 16.3 Å². The average molecular weight is 360 g/mol. The molecule has 23 heavy (non-hydrogen) atoms. The lowest BCUT2D eigenvalue weighted by Crippen LogP contribution is -2.45. The van der Waals surface area contributed by atoms with E-state index in [9.17, 15) is 28.4 Å². The van der Waals surface area contributed by atoms with E-state index in [1.54, 1.807) is 0 Å².